The summed E-state index contributed by atoms with van der Waals surface area (Å²) in [5.74, 6) is 0.0580. The Balaban J connectivity index is 2.12. The summed E-state index contributed by atoms with van der Waals surface area (Å²) in [5.41, 5.74) is 6.14. The topological polar surface area (TPSA) is 81.9 Å². The number of methoxy groups -OCH3 is 1. The van der Waals surface area contributed by atoms with E-state index in [4.69, 9.17) is 15.2 Å². The third-order valence-corrected chi connectivity index (χ3v) is 3.93. The highest BCUT2D eigenvalue weighted by Crippen LogP contribution is 2.23. The molecule has 1 saturated heterocycles. The van der Waals surface area contributed by atoms with Crippen molar-refractivity contribution in [3.05, 3.63) is 29.3 Å². The maximum atomic E-state index is 12.5. The van der Waals surface area contributed by atoms with Gasteiger partial charge in [-0.15, -0.1) is 0 Å². The number of nitrogens with zero attached hydrogens (tertiary/aromatic N) is 1. The lowest BCUT2D eigenvalue weighted by Crippen LogP contribution is -2.58. The van der Waals surface area contributed by atoms with Crippen molar-refractivity contribution in [2.75, 3.05) is 26.8 Å². The first kappa shape index (κ1) is 16.3. The van der Waals surface area contributed by atoms with Gasteiger partial charge in [0.1, 0.15) is 5.75 Å². The summed E-state index contributed by atoms with van der Waals surface area (Å²) in [5, 5.41) is 0. The fourth-order valence-electron chi connectivity index (χ4n) is 2.55. The van der Waals surface area contributed by atoms with Crippen molar-refractivity contribution >= 4 is 11.8 Å². The number of morpholine rings is 1. The number of hydrogen-bond donors (Lipinski definition) is 1. The van der Waals surface area contributed by atoms with Crippen LogP contribution in [0.2, 0.25) is 0 Å². The van der Waals surface area contributed by atoms with Gasteiger partial charge in [-0.1, -0.05) is 17.7 Å². The number of nitrogens with two attached hydrogens (primary N) is 1. The Morgan fingerprint density at radius 3 is 2.82 bits per heavy atom. The van der Waals surface area contributed by atoms with Crippen LogP contribution in [0.5, 0.6) is 5.75 Å². The summed E-state index contributed by atoms with van der Waals surface area (Å²) in [6.07, 6.45) is 0.222. The summed E-state index contributed by atoms with van der Waals surface area (Å²) in [6.45, 7) is 4.51. The van der Waals surface area contributed by atoms with Gasteiger partial charge in [0.2, 0.25) is 5.91 Å². The van der Waals surface area contributed by atoms with Crippen molar-refractivity contribution in [1.82, 2.24) is 4.90 Å². The molecule has 0 aliphatic carbocycles. The average Bonchev–Trinajstić information content (AvgIpc) is 2.47. The van der Waals surface area contributed by atoms with Crippen LogP contribution in [0.3, 0.4) is 0 Å². The zero-order valence-corrected chi connectivity index (χ0v) is 13.2. The van der Waals surface area contributed by atoms with E-state index in [9.17, 15) is 9.59 Å². The van der Waals surface area contributed by atoms with Gasteiger partial charge in [0.15, 0.2) is 5.60 Å². The first-order valence-corrected chi connectivity index (χ1v) is 7.21. The monoisotopic (exact) mass is 306 g/mol. The molecule has 1 aromatic carbocycles. The Morgan fingerprint density at radius 2 is 2.18 bits per heavy atom. The van der Waals surface area contributed by atoms with Crippen LogP contribution in [0.15, 0.2) is 18.2 Å². The summed E-state index contributed by atoms with van der Waals surface area (Å²) in [6, 6.07) is 5.72. The predicted octanol–water partition coefficient (Wildman–Crippen LogP) is 0.649. The molecule has 1 aromatic rings. The molecular formula is C16H22N2O4. The number of hydrogen-bond acceptors (Lipinski definition) is 4. The number of amides is 2. The van der Waals surface area contributed by atoms with Gasteiger partial charge < -0.3 is 20.1 Å². The Kier molecular flexibility index (Phi) is 4.71. The summed E-state index contributed by atoms with van der Waals surface area (Å²) >= 11 is 0. The maximum Gasteiger partial charge on any atom is 0.251 e. The van der Waals surface area contributed by atoms with Crippen molar-refractivity contribution in [3.8, 4) is 5.75 Å². The Bertz CT molecular complexity index is 588. The quantitative estimate of drug-likeness (QED) is 0.885. The minimum absolute atomic E-state index is 0.0697. The molecule has 1 heterocycles. The fourth-order valence-corrected chi connectivity index (χ4v) is 2.55. The van der Waals surface area contributed by atoms with Gasteiger partial charge in [0.25, 0.3) is 5.91 Å². The zero-order chi connectivity index (χ0) is 16.3. The van der Waals surface area contributed by atoms with Crippen LogP contribution in [0.1, 0.15) is 18.1 Å². The van der Waals surface area contributed by atoms with Gasteiger partial charge in [0, 0.05) is 12.1 Å². The molecule has 0 aromatic heterocycles. The number of rotatable bonds is 4. The van der Waals surface area contributed by atoms with E-state index in [1.165, 1.54) is 0 Å². The van der Waals surface area contributed by atoms with Crippen LogP contribution >= 0.6 is 0 Å². The van der Waals surface area contributed by atoms with Gasteiger partial charge in [-0.3, -0.25) is 9.59 Å². The minimum atomic E-state index is -1.12. The Labute approximate surface area is 130 Å². The van der Waals surface area contributed by atoms with Gasteiger partial charge in [-0.05, 0) is 19.9 Å². The summed E-state index contributed by atoms with van der Waals surface area (Å²) < 4.78 is 10.7. The Hall–Kier alpha value is -2.08. The first-order chi connectivity index (χ1) is 10.4. The molecule has 0 spiro atoms. The van der Waals surface area contributed by atoms with E-state index in [0.29, 0.717) is 18.9 Å². The van der Waals surface area contributed by atoms with E-state index in [1.807, 2.05) is 25.1 Å². The van der Waals surface area contributed by atoms with E-state index in [-0.39, 0.29) is 18.9 Å². The van der Waals surface area contributed by atoms with E-state index < -0.39 is 11.5 Å². The van der Waals surface area contributed by atoms with Crippen LogP contribution in [0.25, 0.3) is 0 Å². The molecule has 1 aliphatic heterocycles. The van der Waals surface area contributed by atoms with Crippen molar-refractivity contribution in [2.24, 2.45) is 5.73 Å². The second-order valence-electron chi connectivity index (χ2n) is 5.75. The van der Waals surface area contributed by atoms with Crippen molar-refractivity contribution < 1.29 is 19.1 Å². The normalized spacial score (nSPS) is 21.5. The highest BCUT2D eigenvalue weighted by atomic mass is 16.5. The molecule has 1 aliphatic rings. The smallest absolute Gasteiger partial charge is 0.251 e. The van der Waals surface area contributed by atoms with Gasteiger partial charge >= 0.3 is 0 Å². The number of aryl methyl sites for hydroxylation is 1. The molecule has 0 bridgehead atoms. The van der Waals surface area contributed by atoms with E-state index in [1.54, 1.807) is 18.9 Å². The van der Waals surface area contributed by atoms with Crippen LogP contribution in [-0.4, -0.2) is 49.1 Å². The SMILES string of the molecule is COc1ccc(C)cc1CC(=O)N1CCO[C@@](C)(C(N)=O)C1. The van der Waals surface area contributed by atoms with Crippen LogP contribution in [0.4, 0.5) is 0 Å². The Morgan fingerprint density at radius 1 is 1.45 bits per heavy atom. The van der Waals surface area contributed by atoms with Gasteiger partial charge in [-0.2, -0.15) is 0 Å². The van der Waals surface area contributed by atoms with Crippen molar-refractivity contribution in [2.45, 2.75) is 25.9 Å². The molecule has 1 fully saturated rings. The predicted molar refractivity (Wildman–Crippen MR) is 81.6 cm³/mol. The molecule has 2 amide bonds. The molecule has 0 radical (unpaired) electrons. The molecule has 0 unspecified atom stereocenters. The van der Waals surface area contributed by atoms with E-state index in [0.717, 1.165) is 11.1 Å². The van der Waals surface area contributed by atoms with E-state index >= 15 is 0 Å². The summed E-state index contributed by atoms with van der Waals surface area (Å²) in [4.78, 5) is 25.6. The molecule has 120 valence electrons. The molecule has 2 rings (SSSR count). The highest BCUT2D eigenvalue weighted by molar-refractivity contribution is 5.85. The molecule has 2 N–H and O–H groups in total. The number of primary amides is 1. The standard InChI is InChI=1S/C16H22N2O4/c1-11-4-5-13(21-3)12(8-11)9-14(19)18-6-7-22-16(2,10-18)15(17)20/h4-5,8H,6-7,9-10H2,1-3H3,(H2,17,20)/t16-/m1/s1. The lowest BCUT2D eigenvalue weighted by atomic mass is 10.0. The molecular weight excluding hydrogens is 284 g/mol. The fraction of sp³-hybridized carbons (Fsp3) is 0.500. The highest BCUT2D eigenvalue weighted by Gasteiger charge is 2.39. The van der Waals surface area contributed by atoms with Crippen molar-refractivity contribution in [1.29, 1.82) is 0 Å². The average molecular weight is 306 g/mol. The lowest BCUT2D eigenvalue weighted by Gasteiger charge is -2.38. The van der Waals surface area contributed by atoms with Gasteiger partial charge in [0.05, 0.1) is 26.7 Å². The number of ether oxygens (including phenoxy) is 2. The molecule has 1 atom stereocenters. The number of benzene rings is 1. The third-order valence-electron chi connectivity index (χ3n) is 3.93. The summed E-state index contributed by atoms with van der Waals surface area (Å²) in [7, 11) is 1.58. The molecule has 6 nitrogen and oxygen atoms in total. The second kappa shape index (κ2) is 6.36. The second-order valence-corrected chi connectivity index (χ2v) is 5.75. The lowest BCUT2D eigenvalue weighted by molar-refractivity contribution is -0.160. The zero-order valence-electron chi connectivity index (χ0n) is 13.2. The molecule has 6 heteroatoms. The number of carbonyl (C=O) groups excluding carboxylic acids is 2. The molecule has 0 saturated carbocycles. The third kappa shape index (κ3) is 3.39. The maximum absolute atomic E-state index is 12.5. The van der Waals surface area contributed by atoms with Crippen LogP contribution in [0, 0.1) is 6.92 Å². The van der Waals surface area contributed by atoms with Crippen LogP contribution in [-0.2, 0) is 20.7 Å². The van der Waals surface area contributed by atoms with E-state index in [2.05, 4.69) is 0 Å². The van der Waals surface area contributed by atoms with Crippen LogP contribution < -0.4 is 10.5 Å². The first-order valence-electron chi connectivity index (χ1n) is 7.21. The van der Waals surface area contributed by atoms with Gasteiger partial charge in [-0.25, -0.2) is 0 Å². The largest absolute Gasteiger partial charge is 0.496 e. The number of carbonyl (C=O) groups is 2. The molecule has 22 heavy (non-hydrogen) atoms. The minimum Gasteiger partial charge on any atom is -0.496 e. The van der Waals surface area contributed by atoms with Crippen molar-refractivity contribution in [3.63, 3.8) is 0 Å².